The van der Waals surface area contributed by atoms with Gasteiger partial charge in [-0.05, 0) is 31.0 Å². The maximum atomic E-state index is 14.1. The van der Waals surface area contributed by atoms with Crippen molar-refractivity contribution in [3.63, 3.8) is 0 Å². The lowest BCUT2D eigenvalue weighted by atomic mass is 9.97. The van der Waals surface area contributed by atoms with E-state index in [4.69, 9.17) is 13.7 Å². The highest BCUT2D eigenvalue weighted by molar-refractivity contribution is 5.92. The first-order valence-corrected chi connectivity index (χ1v) is 11.2. The van der Waals surface area contributed by atoms with Crippen LogP contribution in [0.15, 0.2) is 69.7 Å². The van der Waals surface area contributed by atoms with Crippen molar-refractivity contribution in [1.29, 1.82) is 0 Å². The first-order valence-electron chi connectivity index (χ1n) is 11.2. The number of piperidine rings is 1. The fourth-order valence-electron chi connectivity index (χ4n) is 4.32. The summed E-state index contributed by atoms with van der Waals surface area (Å²) in [7, 11) is 1.64. The quantitative estimate of drug-likeness (QED) is 0.398. The van der Waals surface area contributed by atoms with Crippen LogP contribution in [0.3, 0.4) is 0 Å². The summed E-state index contributed by atoms with van der Waals surface area (Å²) in [6.45, 7) is 1.06. The van der Waals surface area contributed by atoms with Crippen LogP contribution in [-0.2, 0) is 6.42 Å². The Morgan fingerprint density at radius 1 is 1.21 bits per heavy atom. The van der Waals surface area contributed by atoms with E-state index in [1.54, 1.807) is 36.4 Å². The molecular formula is C26H24FN3O4. The minimum Gasteiger partial charge on any atom is -0.496 e. The van der Waals surface area contributed by atoms with E-state index < -0.39 is 5.82 Å². The summed E-state index contributed by atoms with van der Waals surface area (Å²) in [6, 6.07) is 15.5. The van der Waals surface area contributed by atoms with Gasteiger partial charge in [-0.2, -0.15) is 0 Å². The number of likely N-dealkylation sites (tertiary alicyclic amines) is 1. The lowest BCUT2D eigenvalue weighted by Gasteiger charge is -2.30. The summed E-state index contributed by atoms with van der Waals surface area (Å²) in [5.41, 5.74) is 1.61. The van der Waals surface area contributed by atoms with Crippen LogP contribution in [0.4, 0.5) is 4.39 Å². The van der Waals surface area contributed by atoms with Crippen LogP contribution in [0.1, 0.15) is 46.5 Å². The van der Waals surface area contributed by atoms with Crippen molar-refractivity contribution in [2.75, 3.05) is 20.2 Å². The zero-order valence-corrected chi connectivity index (χ0v) is 18.7. The Bertz CT molecular complexity index is 1300. The minimum absolute atomic E-state index is 0.0157. The van der Waals surface area contributed by atoms with Crippen LogP contribution in [-0.4, -0.2) is 41.1 Å². The molecule has 7 nitrogen and oxygen atoms in total. The second kappa shape index (κ2) is 9.51. The highest BCUT2D eigenvalue weighted by atomic mass is 19.1. The number of hydrogen-bond acceptors (Lipinski definition) is 6. The maximum absolute atomic E-state index is 14.1. The summed E-state index contributed by atoms with van der Waals surface area (Å²) >= 11 is 0. The third-order valence-electron chi connectivity index (χ3n) is 6.06. The number of hydrogen-bond donors (Lipinski definition) is 0. The number of aromatic nitrogens is 2. The molecule has 1 fully saturated rings. The van der Waals surface area contributed by atoms with Gasteiger partial charge in [0.1, 0.15) is 23.0 Å². The summed E-state index contributed by atoms with van der Waals surface area (Å²) in [6.07, 6.45) is 3.99. The van der Waals surface area contributed by atoms with Crippen molar-refractivity contribution in [2.24, 2.45) is 0 Å². The molecule has 3 heterocycles. The molecule has 1 amide bonds. The molecule has 0 aliphatic carbocycles. The van der Waals surface area contributed by atoms with Gasteiger partial charge >= 0.3 is 0 Å². The number of oxazole rings is 1. The van der Waals surface area contributed by atoms with E-state index in [0.717, 1.165) is 29.9 Å². The second-order valence-electron chi connectivity index (χ2n) is 8.30. The predicted molar refractivity (Wildman–Crippen MR) is 122 cm³/mol. The van der Waals surface area contributed by atoms with Crippen molar-refractivity contribution in [2.45, 2.75) is 25.2 Å². The highest BCUT2D eigenvalue weighted by Gasteiger charge is 2.30. The molecule has 0 bridgehead atoms. The average Bonchev–Trinajstić information content (AvgIpc) is 3.55. The number of nitrogens with zero attached hydrogens (tertiary/aromatic N) is 3. The molecular weight excluding hydrogens is 437 g/mol. The van der Waals surface area contributed by atoms with E-state index in [9.17, 15) is 9.18 Å². The second-order valence-corrected chi connectivity index (χ2v) is 8.30. The van der Waals surface area contributed by atoms with Crippen LogP contribution < -0.4 is 4.74 Å². The van der Waals surface area contributed by atoms with E-state index in [1.807, 2.05) is 24.3 Å². The van der Waals surface area contributed by atoms with Crippen LogP contribution in [0.5, 0.6) is 5.75 Å². The van der Waals surface area contributed by atoms with Gasteiger partial charge in [-0.15, -0.1) is 0 Å². The third-order valence-corrected chi connectivity index (χ3v) is 6.06. The van der Waals surface area contributed by atoms with Crippen molar-refractivity contribution in [3.8, 4) is 17.0 Å². The molecule has 5 rings (SSSR count). The fraction of sp³-hybridized carbons (Fsp3) is 0.269. The molecule has 8 heteroatoms. The number of carbonyl (C=O) groups excluding carboxylic acids is 1. The Morgan fingerprint density at radius 2 is 2.03 bits per heavy atom. The Kier molecular flexibility index (Phi) is 6.12. The van der Waals surface area contributed by atoms with Gasteiger partial charge in [-0.1, -0.05) is 35.5 Å². The molecule has 0 spiro atoms. The standard InChI is InChI=1S/C26H24FN3O4/c1-32-23-11-5-2-7-17(23)13-19-15-28-25(33-19)18-8-6-12-30(16-18)26(31)24-14-22(29-34-24)20-9-3-4-10-21(20)27/h2-5,7,9-11,14-15,18H,6,8,12-13,16H2,1H3/t18-/m0/s1. The smallest absolute Gasteiger partial charge is 0.292 e. The van der Waals surface area contributed by atoms with Crippen molar-refractivity contribution in [3.05, 3.63) is 89.6 Å². The molecule has 4 aromatic rings. The van der Waals surface area contributed by atoms with E-state index in [-0.39, 0.29) is 17.6 Å². The van der Waals surface area contributed by atoms with Crippen molar-refractivity contribution in [1.82, 2.24) is 15.0 Å². The first kappa shape index (κ1) is 21.9. The largest absolute Gasteiger partial charge is 0.496 e. The maximum Gasteiger partial charge on any atom is 0.292 e. The highest BCUT2D eigenvalue weighted by Crippen LogP contribution is 2.30. The minimum atomic E-state index is -0.416. The molecule has 2 aromatic carbocycles. The number of amides is 1. The van der Waals surface area contributed by atoms with Gasteiger partial charge in [-0.25, -0.2) is 9.37 Å². The van der Waals surface area contributed by atoms with E-state index in [2.05, 4.69) is 10.1 Å². The van der Waals surface area contributed by atoms with Gasteiger partial charge in [0.2, 0.25) is 5.76 Å². The van der Waals surface area contributed by atoms with Crippen LogP contribution in [0.2, 0.25) is 0 Å². The topological polar surface area (TPSA) is 81.6 Å². The van der Waals surface area contributed by atoms with Crippen LogP contribution in [0, 0.1) is 5.82 Å². The summed E-state index contributed by atoms with van der Waals surface area (Å²) < 4.78 is 30.8. The summed E-state index contributed by atoms with van der Waals surface area (Å²) in [5.74, 6) is 1.54. The van der Waals surface area contributed by atoms with Gasteiger partial charge in [0.25, 0.3) is 5.91 Å². The van der Waals surface area contributed by atoms with Gasteiger partial charge in [0, 0.05) is 36.7 Å². The molecule has 174 valence electrons. The lowest BCUT2D eigenvalue weighted by molar-refractivity contribution is 0.0656. The summed E-state index contributed by atoms with van der Waals surface area (Å²) in [5, 5.41) is 3.89. The molecule has 0 radical (unpaired) electrons. The van der Waals surface area contributed by atoms with E-state index in [0.29, 0.717) is 36.7 Å². The van der Waals surface area contributed by atoms with E-state index >= 15 is 0 Å². The molecule has 1 aliphatic rings. The predicted octanol–water partition coefficient (Wildman–Crippen LogP) is 5.09. The molecule has 0 unspecified atom stereocenters. The van der Waals surface area contributed by atoms with E-state index in [1.165, 1.54) is 12.1 Å². The molecule has 1 saturated heterocycles. The monoisotopic (exact) mass is 461 g/mol. The fourth-order valence-corrected chi connectivity index (χ4v) is 4.32. The lowest BCUT2D eigenvalue weighted by Crippen LogP contribution is -2.39. The zero-order valence-electron chi connectivity index (χ0n) is 18.7. The third kappa shape index (κ3) is 4.44. The zero-order chi connectivity index (χ0) is 23.5. The number of benzene rings is 2. The normalized spacial score (nSPS) is 15.9. The van der Waals surface area contributed by atoms with Crippen LogP contribution >= 0.6 is 0 Å². The number of ether oxygens (including phenoxy) is 1. The molecule has 0 N–H and O–H groups in total. The van der Waals surface area contributed by atoms with Gasteiger partial charge < -0.3 is 18.6 Å². The molecule has 1 atom stereocenters. The average molecular weight is 461 g/mol. The number of halogens is 1. The molecule has 2 aromatic heterocycles. The van der Waals surface area contributed by atoms with Crippen molar-refractivity contribution >= 4 is 5.91 Å². The molecule has 0 saturated carbocycles. The van der Waals surface area contributed by atoms with Crippen LogP contribution in [0.25, 0.3) is 11.3 Å². The number of rotatable bonds is 6. The Labute approximate surface area is 196 Å². The Hall–Kier alpha value is -3.94. The summed E-state index contributed by atoms with van der Waals surface area (Å²) in [4.78, 5) is 19.3. The number of methoxy groups -OCH3 is 1. The van der Waals surface area contributed by atoms with Crippen molar-refractivity contribution < 1.29 is 22.9 Å². The molecule has 34 heavy (non-hydrogen) atoms. The Morgan fingerprint density at radius 3 is 2.88 bits per heavy atom. The Balaban J connectivity index is 1.27. The number of carbonyl (C=O) groups is 1. The number of para-hydroxylation sites is 1. The first-order chi connectivity index (χ1) is 16.6. The molecule has 1 aliphatic heterocycles. The van der Waals surface area contributed by atoms with Gasteiger partial charge in [0.15, 0.2) is 5.89 Å². The van der Waals surface area contributed by atoms with Gasteiger partial charge in [0.05, 0.1) is 19.2 Å². The SMILES string of the molecule is COc1ccccc1Cc1cnc([C@H]2CCCN(C(=O)c3cc(-c4ccccc4F)no3)C2)o1. The van der Waals surface area contributed by atoms with Gasteiger partial charge in [-0.3, -0.25) is 4.79 Å².